The molecule has 0 spiro atoms. The van der Waals surface area contributed by atoms with Gasteiger partial charge >= 0.3 is 0 Å². The van der Waals surface area contributed by atoms with Crippen LogP contribution in [0.2, 0.25) is 0 Å². The lowest BCUT2D eigenvalue weighted by atomic mass is 9.95. The predicted molar refractivity (Wildman–Crippen MR) is 87.2 cm³/mol. The molecule has 21 heavy (non-hydrogen) atoms. The highest BCUT2D eigenvalue weighted by Gasteiger charge is 2.50. The Morgan fingerprint density at radius 2 is 2.19 bits per heavy atom. The Kier molecular flexibility index (Phi) is 4.10. The maximum Gasteiger partial charge on any atom is 0.244 e. The van der Waals surface area contributed by atoms with E-state index in [1.54, 1.807) is 11.3 Å². The van der Waals surface area contributed by atoms with Gasteiger partial charge in [0.25, 0.3) is 0 Å². The van der Waals surface area contributed by atoms with Gasteiger partial charge in [-0.15, -0.1) is 0 Å². The van der Waals surface area contributed by atoms with Gasteiger partial charge in [-0.05, 0) is 61.4 Å². The standard InChI is InChI=1S/C17H26N2OS/c1-4-17(3)16(20)19(12(2)13-7-5-6-8-13)15(18-17)14-9-10-21-11-14/h9-13,15,18H,4-8H2,1-3H3. The number of carbonyl (C=O) groups is 1. The fourth-order valence-corrected chi connectivity index (χ4v) is 4.53. The molecular weight excluding hydrogens is 280 g/mol. The second-order valence-corrected chi connectivity index (χ2v) is 7.57. The van der Waals surface area contributed by atoms with Crippen LogP contribution in [0.25, 0.3) is 0 Å². The number of carbonyl (C=O) groups excluding carboxylic acids is 1. The van der Waals surface area contributed by atoms with E-state index in [1.165, 1.54) is 31.2 Å². The van der Waals surface area contributed by atoms with Gasteiger partial charge in [0.15, 0.2) is 0 Å². The number of hydrogen-bond donors (Lipinski definition) is 1. The molecular formula is C17H26N2OS. The summed E-state index contributed by atoms with van der Waals surface area (Å²) in [5.74, 6) is 0.941. The topological polar surface area (TPSA) is 32.3 Å². The van der Waals surface area contributed by atoms with Crippen molar-refractivity contribution in [3.63, 3.8) is 0 Å². The molecule has 3 rings (SSSR count). The van der Waals surface area contributed by atoms with Crippen molar-refractivity contribution in [2.75, 3.05) is 0 Å². The Labute approximate surface area is 131 Å². The quantitative estimate of drug-likeness (QED) is 0.914. The van der Waals surface area contributed by atoms with Gasteiger partial charge in [-0.2, -0.15) is 11.3 Å². The van der Waals surface area contributed by atoms with Crippen molar-refractivity contribution < 1.29 is 4.79 Å². The summed E-state index contributed by atoms with van der Waals surface area (Å²) < 4.78 is 0. The minimum Gasteiger partial charge on any atom is -0.318 e. The van der Waals surface area contributed by atoms with Crippen LogP contribution in [-0.2, 0) is 4.79 Å². The molecule has 1 amide bonds. The maximum atomic E-state index is 13.0. The summed E-state index contributed by atoms with van der Waals surface area (Å²) in [5.41, 5.74) is 0.815. The molecule has 1 aromatic rings. The van der Waals surface area contributed by atoms with Crippen molar-refractivity contribution in [2.45, 2.75) is 70.6 Å². The molecule has 3 unspecified atom stereocenters. The molecule has 2 aliphatic rings. The third kappa shape index (κ3) is 2.53. The van der Waals surface area contributed by atoms with E-state index in [1.807, 2.05) is 0 Å². The van der Waals surface area contributed by atoms with Crippen LogP contribution >= 0.6 is 11.3 Å². The van der Waals surface area contributed by atoms with Crippen molar-refractivity contribution in [1.82, 2.24) is 10.2 Å². The van der Waals surface area contributed by atoms with Crippen LogP contribution in [-0.4, -0.2) is 22.4 Å². The third-order valence-electron chi connectivity index (χ3n) is 5.53. The van der Waals surface area contributed by atoms with Crippen LogP contribution < -0.4 is 5.32 Å². The number of nitrogens with one attached hydrogen (secondary N) is 1. The molecule has 3 atom stereocenters. The van der Waals surface area contributed by atoms with E-state index in [0.717, 1.165) is 6.42 Å². The third-order valence-corrected chi connectivity index (χ3v) is 6.23. The van der Waals surface area contributed by atoms with Crippen LogP contribution in [0.4, 0.5) is 0 Å². The maximum absolute atomic E-state index is 13.0. The number of thiophene rings is 1. The SMILES string of the molecule is CCC1(C)NC(c2ccsc2)N(C(C)C2CCCC2)C1=O. The summed E-state index contributed by atoms with van der Waals surface area (Å²) in [6.07, 6.45) is 6.05. The lowest BCUT2D eigenvalue weighted by molar-refractivity contribution is -0.136. The Morgan fingerprint density at radius 1 is 1.48 bits per heavy atom. The minimum atomic E-state index is -0.417. The number of nitrogens with zero attached hydrogens (tertiary/aromatic N) is 1. The van der Waals surface area contributed by atoms with Crippen molar-refractivity contribution >= 4 is 17.2 Å². The second-order valence-electron chi connectivity index (χ2n) is 6.79. The Bertz CT molecular complexity index is 495. The first-order valence-corrected chi connectivity index (χ1v) is 9.13. The van der Waals surface area contributed by atoms with Crippen LogP contribution in [0, 0.1) is 5.92 Å². The zero-order valence-electron chi connectivity index (χ0n) is 13.3. The van der Waals surface area contributed by atoms with Crippen molar-refractivity contribution in [3.05, 3.63) is 22.4 Å². The zero-order valence-corrected chi connectivity index (χ0v) is 14.1. The van der Waals surface area contributed by atoms with Gasteiger partial charge < -0.3 is 4.90 Å². The van der Waals surface area contributed by atoms with Crippen molar-refractivity contribution in [2.24, 2.45) is 5.92 Å². The molecule has 1 aliphatic heterocycles. The number of rotatable bonds is 4. The predicted octanol–water partition coefficient (Wildman–Crippen LogP) is 3.93. The Morgan fingerprint density at radius 3 is 2.76 bits per heavy atom. The molecule has 0 radical (unpaired) electrons. The zero-order chi connectivity index (χ0) is 15.0. The van der Waals surface area contributed by atoms with Crippen LogP contribution in [0.15, 0.2) is 16.8 Å². The molecule has 0 bridgehead atoms. The minimum absolute atomic E-state index is 0.0456. The highest BCUT2D eigenvalue weighted by atomic mass is 32.1. The summed E-state index contributed by atoms with van der Waals surface area (Å²) in [4.78, 5) is 15.2. The Balaban J connectivity index is 1.91. The van der Waals surface area contributed by atoms with Gasteiger partial charge in [0.1, 0.15) is 6.17 Å². The van der Waals surface area contributed by atoms with Gasteiger partial charge in [-0.25, -0.2) is 0 Å². The molecule has 1 N–H and O–H groups in total. The summed E-state index contributed by atoms with van der Waals surface area (Å²) in [6.45, 7) is 6.39. The number of hydrogen-bond acceptors (Lipinski definition) is 3. The first kappa shape index (κ1) is 15.0. The van der Waals surface area contributed by atoms with Gasteiger partial charge in [-0.1, -0.05) is 19.8 Å². The summed E-state index contributed by atoms with van der Waals surface area (Å²) in [6, 6.07) is 2.47. The van der Waals surface area contributed by atoms with E-state index in [-0.39, 0.29) is 12.1 Å². The molecule has 1 aromatic heterocycles. The summed E-state index contributed by atoms with van der Waals surface area (Å²) in [5, 5.41) is 7.87. The molecule has 2 heterocycles. The largest absolute Gasteiger partial charge is 0.318 e. The highest BCUT2D eigenvalue weighted by molar-refractivity contribution is 7.07. The molecule has 3 nitrogen and oxygen atoms in total. The molecule has 2 fully saturated rings. The molecule has 0 aromatic carbocycles. The fourth-order valence-electron chi connectivity index (χ4n) is 3.85. The van der Waals surface area contributed by atoms with Crippen molar-refractivity contribution in [3.8, 4) is 0 Å². The smallest absolute Gasteiger partial charge is 0.244 e. The Hall–Kier alpha value is -0.870. The average molecular weight is 306 g/mol. The second kappa shape index (κ2) is 5.73. The van der Waals surface area contributed by atoms with Crippen LogP contribution in [0.5, 0.6) is 0 Å². The summed E-state index contributed by atoms with van der Waals surface area (Å²) >= 11 is 1.70. The van der Waals surface area contributed by atoms with Gasteiger partial charge in [0.2, 0.25) is 5.91 Å². The van der Waals surface area contributed by atoms with Crippen molar-refractivity contribution in [1.29, 1.82) is 0 Å². The average Bonchev–Trinajstić information content (AvgIpc) is 3.20. The number of amides is 1. The van der Waals surface area contributed by atoms with Crippen LogP contribution in [0.1, 0.15) is 64.6 Å². The molecule has 4 heteroatoms. The monoisotopic (exact) mass is 306 g/mol. The normalized spacial score (nSPS) is 32.0. The van der Waals surface area contributed by atoms with E-state index < -0.39 is 5.54 Å². The molecule has 1 saturated carbocycles. The molecule has 1 aliphatic carbocycles. The van der Waals surface area contributed by atoms with E-state index in [2.05, 4.69) is 47.8 Å². The van der Waals surface area contributed by atoms with E-state index in [4.69, 9.17) is 0 Å². The van der Waals surface area contributed by atoms with E-state index in [9.17, 15) is 4.79 Å². The van der Waals surface area contributed by atoms with E-state index in [0.29, 0.717) is 12.0 Å². The fraction of sp³-hybridized carbons (Fsp3) is 0.706. The van der Waals surface area contributed by atoms with Crippen LogP contribution in [0.3, 0.4) is 0 Å². The van der Waals surface area contributed by atoms with Gasteiger partial charge in [0.05, 0.1) is 5.54 Å². The summed E-state index contributed by atoms with van der Waals surface area (Å²) in [7, 11) is 0. The first-order chi connectivity index (χ1) is 10.1. The first-order valence-electron chi connectivity index (χ1n) is 8.19. The lowest BCUT2D eigenvalue weighted by Crippen LogP contribution is -2.45. The highest BCUT2D eigenvalue weighted by Crippen LogP contribution is 2.39. The molecule has 116 valence electrons. The van der Waals surface area contributed by atoms with Gasteiger partial charge in [0, 0.05) is 6.04 Å². The van der Waals surface area contributed by atoms with Gasteiger partial charge in [-0.3, -0.25) is 10.1 Å². The lowest BCUT2D eigenvalue weighted by Gasteiger charge is -2.34. The van der Waals surface area contributed by atoms with E-state index >= 15 is 0 Å². The molecule has 1 saturated heterocycles.